The van der Waals surface area contributed by atoms with Gasteiger partial charge < -0.3 is 15.6 Å². The molecular formula is C18H26N4O. The molecule has 1 unspecified atom stereocenters. The van der Waals surface area contributed by atoms with E-state index in [1.54, 1.807) is 12.5 Å². The molecule has 0 saturated heterocycles. The number of amides is 1. The molecule has 1 amide bonds. The fourth-order valence-electron chi connectivity index (χ4n) is 2.79. The molecule has 5 nitrogen and oxygen atoms in total. The van der Waals surface area contributed by atoms with E-state index < -0.39 is 0 Å². The van der Waals surface area contributed by atoms with Gasteiger partial charge in [-0.05, 0) is 37.0 Å². The highest BCUT2D eigenvalue weighted by atomic mass is 16.1. The molecule has 1 heterocycles. The first-order chi connectivity index (χ1) is 10.9. The van der Waals surface area contributed by atoms with Crippen LogP contribution in [0.15, 0.2) is 43.0 Å². The van der Waals surface area contributed by atoms with Crippen molar-refractivity contribution < 1.29 is 4.79 Å². The third-order valence-electron chi connectivity index (χ3n) is 3.87. The van der Waals surface area contributed by atoms with Crippen molar-refractivity contribution in [2.24, 2.45) is 11.7 Å². The van der Waals surface area contributed by atoms with Crippen molar-refractivity contribution in [3.8, 4) is 0 Å². The number of nitrogens with one attached hydrogen (secondary N) is 1. The van der Waals surface area contributed by atoms with E-state index in [4.69, 9.17) is 5.73 Å². The lowest BCUT2D eigenvalue weighted by Crippen LogP contribution is -2.52. The molecular weight excluding hydrogens is 288 g/mol. The van der Waals surface area contributed by atoms with Crippen LogP contribution in [0, 0.1) is 5.92 Å². The van der Waals surface area contributed by atoms with Crippen LogP contribution in [-0.4, -0.2) is 27.5 Å². The molecule has 0 saturated carbocycles. The first-order valence-corrected chi connectivity index (χ1v) is 7.99. The van der Waals surface area contributed by atoms with Gasteiger partial charge in [0.05, 0.1) is 6.33 Å². The summed E-state index contributed by atoms with van der Waals surface area (Å²) in [6, 6.07) is 7.65. The van der Waals surface area contributed by atoms with Crippen molar-refractivity contribution >= 4 is 5.91 Å². The first kappa shape index (κ1) is 17.2. The summed E-state index contributed by atoms with van der Waals surface area (Å²) in [6.45, 7) is 7.43. The molecule has 0 aliphatic carbocycles. The Bertz CT molecular complexity index is 619. The molecule has 0 aliphatic heterocycles. The van der Waals surface area contributed by atoms with E-state index in [0.29, 0.717) is 18.0 Å². The normalized spacial score (nSPS) is 13.8. The number of nitrogens with zero attached hydrogens (tertiary/aromatic N) is 2. The average molecular weight is 314 g/mol. The minimum atomic E-state index is -0.374. The summed E-state index contributed by atoms with van der Waals surface area (Å²) >= 11 is 0. The van der Waals surface area contributed by atoms with Crippen LogP contribution in [0.2, 0.25) is 0 Å². The highest BCUT2D eigenvalue weighted by Gasteiger charge is 2.26. The minimum Gasteiger partial charge on any atom is -0.346 e. The lowest BCUT2D eigenvalue weighted by molar-refractivity contribution is 0.0898. The molecule has 1 aromatic carbocycles. The minimum absolute atomic E-state index is 0.0761. The molecule has 124 valence electrons. The molecule has 2 aromatic rings. The molecule has 0 fully saturated rings. The monoisotopic (exact) mass is 314 g/mol. The maximum atomic E-state index is 12.4. The van der Waals surface area contributed by atoms with Crippen molar-refractivity contribution in [2.75, 3.05) is 6.54 Å². The van der Waals surface area contributed by atoms with Crippen LogP contribution in [0.5, 0.6) is 0 Å². The van der Waals surface area contributed by atoms with Crippen molar-refractivity contribution in [2.45, 2.75) is 39.3 Å². The van der Waals surface area contributed by atoms with Gasteiger partial charge in [0.25, 0.3) is 5.91 Å². The van der Waals surface area contributed by atoms with E-state index in [-0.39, 0.29) is 11.4 Å². The van der Waals surface area contributed by atoms with Gasteiger partial charge in [-0.2, -0.15) is 0 Å². The SMILES string of the molecule is CC(C)CC(C)(CN)NC(=O)c1ccc(Cn2ccnc2)cc1. The van der Waals surface area contributed by atoms with Crippen molar-refractivity contribution in [3.05, 3.63) is 54.1 Å². The number of imidazole rings is 1. The molecule has 2 rings (SSSR count). The second-order valence-electron chi connectivity index (χ2n) is 6.75. The van der Waals surface area contributed by atoms with Crippen LogP contribution in [0.4, 0.5) is 0 Å². The van der Waals surface area contributed by atoms with Gasteiger partial charge in [0.1, 0.15) is 0 Å². The molecule has 1 atom stereocenters. The largest absolute Gasteiger partial charge is 0.346 e. The zero-order valence-electron chi connectivity index (χ0n) is 14.1. The Morgan fingerprint density at radius 2 is 2.04 bits per heavy atom. The van der Waals surface area contributed by atoms with Crippen LogP contribution < -0.4 is 11.1 Å². The summed E-state index contributed by atoms with van der Waals surface area (Å²) in [5.41, 5.74) is 7.27. The molecule has 0 spiro atoms. The molecule has 3 N–H and O–H groups in total. The molecule has 23 heavy (non-hydrogen) atoms. The van der Waals surface area contributed by atoms with E-state index in [1.165, 1.54) is 0 Å². The zero-order chi connectivity index (χ0) is 16.9. The van der Waals surface area contributed by atoms with E-state index in [9.17, 15) is 4.79 Å². The van der Waals surface area contributed by atoms with E-state index in [0.717, 1.165) is 18.5 Å². The van der Waals surface area contributed by atoms with E-state index in [2.05, 4.69) is 24.1 Å². The van der Waals surface area contributed by atoms with E-state index in [1.807, 2.05) is 42.0 Å². The van der Waals surface area contributed by atoms with Gasteiger partial charge >= 0.3 is 0 Å². The standard InChI is InChI=1S/C18H26N4O/c1-14(2)10-18(3,12-19)21-17(23)16-6-4-15(5-7-16)11-22-9-8-20-13-22/h4-9,13-14H,10-12,19H2,1-3H3,(H,21,23). The second-order valence-corrected chi connectivity index (χ2v) is 6.75. The number of benzene rings is 1. The molecule has 5 heteroatoms. The summed E-state index contributed by atoms with van der Waals surface area (Å²) in [5.74, 6) is 0.397. The summed E-state index contributed by atoms with van der Waals surface area (Å²) in [7, 11) is 0. The zero-order valence-corrected chi connectivity index (χ0v) is 14.1. The average Bonchev–Trinajstić information content (AvgIpc) is 3.00. The van der Waals surface area contributed by atoms with Crippen molar-refractivity contribution in [1.29, 1.82) is 0 Å². The molecule has 1 aromatic heterocycles. The van der Waals surface area contributed by atoms with Gasteiger partial charge in [0.15, 0.2) is 0 Å². The Balaban J connectivity index is 2.02. The second kappa shape index (κ2) is 7.42. The third kappa shape index (κ3) is 4.93. The predicted molar refractivity (Wildman–Crippen MR) is 92.2 cm³/mol. The highest BCUT2D eigenvalue weighted by Crippen LogP contribution is 2.16. The fraction of sp³-hybridized carbons (Fsp3) is 0.444. The predicted octanol–water partition coefficient (Wildman–Crippen LogP) is 2.42. The van der Waals surface area contributed by atoms with Crippen molar-refractivity contribution in [1.82, 2.24) is 14.9 Å². The lowest BCUT2D eigenvalue weighted by Gasteiger charge is -2.31. The smallest absolute Gasteiger partial charge is 0.251 e. The Morgan fingerprint density at radius 3 is 2.57 bits per heavy atom. The van der Waals surface area contributed by atoms with Gasteiger partial charge in [-0.25, -0.2) is 4.98 Å². The number of aromatic nitrogens is 2. The number of rotatable bonds is 7. The summed E-state index contributed by atoms with van der Waals surface area (Å²) in [4.78, 5) is 16.5. The Hall–Kier alpha value is -2.14. The number of carbonyl (C=O) groups excluding carboxylic acids is 1. The Kier molecular flexibility index (Phi) is 5.55. The Labute approximate surface area is 137 Å². The maximum absolute atomic E-state index is 12.4. The summed E-state index contributed by atoms with van der Waals surface area (Å²) < 4.78 is 1.99. The van der Waals surface area contributed by atoms with Gasteiger partial charge in [0.2, 0.25) is 0 Å². The van der Waals surface area contributed by atoms with Crippen molar-refractivity contribution in [3.63, 3.8) is 0 Å². The highest BCUT2D eigenvalue weighted by molar-refractivity contribution is 5.94. The Morgan fingerprint density at radius 1 is 1.35 bits per heavy atom. The number of hydrogen-bond donors (Lipinski definition) is 2. The third-order valence-corrected chi connectivity index (χ3v) is 3.87. The molecule has 0 bridgehead atoms. The van der Waals surface area contributed by atoms with Crippen LogP contribution in [0.25, 0.3) is 0 Å². The van der Waals surface area contributed by atoms with Crippen LogP contribution in [0.1, 0.15) is 43.1 Å². The maximum Gasteiger partial charge on any atom is 0.251 e. The quantitative estimate of drug-likeness (QED) is 0.824. The van der Waals surface area contributed by atoms with Gasteiger partial charge in [0, 0.05) is 36.6 Å². The van der Waals surface area contributed by atoms with Gasteiger partial charge in [-0.15, -0.1) is 0 Å². The summed E-state index contributed by atoms with van der Waals surface area (Å²) in [5, 5.41) is 3.08. The lowest BCUT2D eigenvalue weighted by atomic mass is 9.90. The number of hydrogen-bond acceptors (Lipinski definition) is 3. The van der Waals surface area contributed by atoms with E-state index >= 15 is 0 Å². The fourth-order valence-corrected chi connectivity index (χ4v) is 2.79. The molecule has 0 radical (unpaired) electrons. The van der Waals surface area contributed by atoms with Crippen LogP contribution in [0.3, 0.4) is 0 Å². The first-order valence-electron chi connectivity index (χ1n) is 7.99. The number of carbonyl (C=O) groups is 1. The number of nitrogens with two attached hydrogens (primary N) is 1. The van der Waals surface area contributed by atoms with Crippen LogP contribution in [-0.2, 0) is 6.54 Å². The van der Waals surface area contributed by atoms with Crippen LogP contribution >= 0.6 is 0 Å². The van der Waals surface area contributed by atoms with Gasteiger partial charge in [-0.1, -0.05) is 26.0 Å². The van der Waals surface area contributed by atoms with Gasteiger partial charge in [-0.3, -0.25) is 4.79 Å². The topological polar surface area (TPSA) is 72.9 Å². The molecule has 0 aliphatic rings. The summed E-state index contributed by atoms with van der Waals surface area (Å²) in [6.07, 6.45) is 6.30.